The number of fused-ring (bicyclic) bond motifs is 1. The van der Waals surface area contributed by atoms with Crippen LogP contribution in [-0.2, 0) is 4.79 Å². The lowest BCUT2D eigenvalue weighted by Crippen LogP contribution is -2.38. The van der Waals surface area contributed by atoms with E-state index in [0.29, 0.717) is 10.9 Å². The molecule has 4 rings (SSSR count). The molecule has 0 saturated carbocycles. The molecule has 0 atom stereocenters. The molecule has 0 bridgehead atoms. The van der Waals surface area contributed by atoms with E-state index in [2.05, 4.69) is 25.2 Å². The van der Waals surface area contributed by atoms with Crippen LogP contribution in [0.25, 0.3) is 22.4 Å². The number of pyridine rings is 1. The molecule has 3 heterocycles. The summed E-state index contributed by atoms with van der Waals surface area (Å²) in [6.07, 6.45) is 3.76. The Morgan fingerprint density at radius 3 is 2.85 bits per heavy atom. The Kier molecular flexibility index (Phi) is 4.99. The average molecular weight is 384 g/mol. The summed E-state index contributed by atoms with van der Waals surface area (Å²) in [6, 6.07) is 9.94. The number of aromatic amines is 1. The summed E-state index contributed by atoms with van der Waals surface area (Å²) in [6.45, 7) is 4.14. The minimum absolute atomic E-state index is 0.0345. The fraction of sp³-hybridized carbons (Fsp3) is 0.350. The van der Waals surface area contributed by atoms with Gasteiger partial charge in [-0.15, -0.1) is 0 Å². The van der Waals surface area contributed by atoms with E-state index in [-0.39, 0.29) is 5.91 Å². The molecule has 1 fully saturated rings. The third-order valence-corrected chi connectivity index (χ3v) is 5.36. The SMILES string of the molecule is CC(=O)NCC1CCN(c2cc(-c3nc4ccccc4[nH]3)c(Cl)cn2)CC1. The third-order valence-electron chi connectivity index (χ3n) is 5.06. The number of aromatic nitrogens is 3. The number of anilines is 1. The van der Waals surface area contributed by atoms with Crippen molar-refractivity contribution >= 4 is 34.4 Å². The third kappa shape index (κ3) is 3.90. The van der Waals surface area contributed by atoms with E-state index in [9.17, 15) is 4.79 Å². The van der Waals surface area contributed by atoms with Crippen molar-refractivity contribution < 1.29 is 4.79 Å². The Labute approximate surface area is 163 Å². The molecule has 6 nitrogen and oxygen atoms in total. The second kappa shape index (κ2) is 7.56. The minimum Gasteiger partial charge on any atom is -0.357 e. The highest BCUT2D eigenvalue weighted by molar-refractivity contribution is 6.33. The molecule has 7 heteroatoms. The Hall–Kier alpha value is -2.60. The van der Waals surface area contributed by atoms with Crippen LogP contribution in [0.3, 0.4) is 0 Å². The summed E-state index contributed by atoms with van der Waals surface area (Å²) < 4.78 is 0. The fourth-order valence-corrected chi connectivity index (χ4v) is 3.71. The molecule has 3 aromatic rings. The smallest absolute Gasteiger partial charge is 0.216 e. The van der Waals surface area contributed by atoms with Gasteiger partial charge >= 0.3 is 0 Å². The minimum atomic E-state index is 0.0345. The first-order valence-corrected chi connectivity index (χ1v) is 9.58. The predicted molar refractivity (Wildman–Crippen MR) is 108 cm³/mol. The van der Waals surface area contributed by atoms with Gasteiger partial charge in [-0.05, 0) is 37.0 Å². The van der Waals surface area contributed by atoms with Crippen LogP contribution in [-0.4, -0.2) is 40.5 Å². The summed E-state index contributed by atoms with van der Waals surface area (Å²) >= 11 is 6.41. The molecule has 2 N–H and O–H groups in total. The van der Waals surface area contributed by atoms with Crippen LogP contribution in [0.15, 0.2) is 36.5 Å². The Bertz CT molecular complexity index is 929. The molecule has 1 aliphatic rings. The highest BCUT2D eigenvalue weighted by Gasteiger charge is 2.21. The largest absolute Gasteiger partial charge is 0.357 e. The van der Waals surface area contributed by atoms with E-state index >= 15 is 0 Å². The van der Waals surface area contributed by atoms with E-state index in [4.69, 9.17) is 11.6 Å². The zero-order chi connectivity index (χ0) is 18.8. The first-order valence-electron chi connectivity index (χ1n) is 9.20. The van der Waals surface area contributed by atoms with Gasteiger partial charge in [0.1, 0.15) is 11.6 Å². The molecule has 0 radical (unpaired) electrons. The molecule has 1 saturated heterocycles. The predicted octanol–water partition coefficient (Wildman–Crippen LogP) is 3.63. The van der Waals surface area contributed by atoms with Gasteiger partial charge in [0.25, 0.3) is 0 Å². The van der Waals surface area contributed by atoms with Crippen LogP contribution in [0.1, 0.15) is 19.8 Å². The van der Waals surface area contributed by atoms with Crippen LogP contribution in [0.2, 0.25) is 5.02 Å². The van der Waals surface area contributed by atoms with E-state index in [1.807, 2.05) is 30.3 Å². The van der Waals surface area contributed by atoms with Gasteiger partial charge in [0.2, 0.25) is 5.91 Å². The fourth-order valence-electron chi connectivity index (χ4n) is 3.52. The van der Waals surface area contributed by atoms with E-state index in [1.165, 1.54) is 0 Å². The highest BCUT2D eigenvalue weighted by atomic mass is 35.5. The first kappa shape index (κ1) is 17.8. The van der Waals surface area contributed by atoms with Crippen molar-refractivity contribution in [2.24, 2.45) is 5.92 Å². The van der Waals surface area contributed by atoms with Gasteiger partial charge in [0, 0.05) is 38.3 Å². The number of para-hydroxylation sites is 2. The number of carbonyl (C=O) groups excluding carboxylic acids is 1. The van der Waals surface area contributed by atoms with Crippen molar-refractivity contribution in [1.82, 2.24) is 20.3 Å². The van der Waals surface area contributed by atoms with Gasteiger partial charge in [0.05, 0.1) is 16.1 Å². The van der Waals surface area contributed by atoms with Crippen molar-refractivity contribution in [3.05, 3.63) is 41.6 Å². The molecular weight excluding hydrogens is 362 g/mol. The number of nitrogens with zero attached hydrogens (tertiary/aromatic N) is 3. The summed E-state index contributed by atoms with van der Waals surface area (Å²) in [7, 11) is 0. The van der Waals surface area contributed by atoms with Gasteiger partial charge in [0.15, 0.2) is 0 Å². The van der Waals surface area contributed by atoms with Crippen molar-refractivity contribution in [2.75, 3.05) is 24.5 Å². The number of carbonyl (C=O) groups is 1. The zero-order valence-corrected chi connectivity index (χ0v) is 16.0. The number of hydrogen-bond acceptors (Lipinski definition) is 4. The molecular formula is C20H22ClN5O. The van der Waals surface area contributed by atoms with Crippen molar-refractivity contribution in [3.63, 3.8) is 0 Å². The van der Waals surface area contributed by atoms with Crippen molar-refractivity contribution in [1.29, 1.82) is 0 Å². The number of hydrogen-bond donors (Lipinski definition) is 2. The van der Waals surface area contributed by atoms with Gasteiger partial charge in [-0.2, -0.15) is 0 Å². The van der Waals surface area contributed by atoms with Crippen LogP contribution >= 0.6 is 11.6 Å². The number of halogens is 1. The quantitative estimate of drug-likeness (QED) is 0.721. The Morgan fingerprint density at radius 2 is 2.11 bits per heavy atom. The molecule has 0 unspecified atom stereocenters. The van der Waals surface area contributed by atoms with Crippen LogP contribution in [0.4, 0.5) is 5.82 Å². The second-order valence-electron chi connectivity index (χ2n) is 6.99. The highest BCUT2D eigenvalue weighted by Crippen LogP contribution is 2.31. The summed E-state index contributed by atoms with van der Waals surface area (Å²) in [4.78, 5) is 25.9. The van der Waals surface area contributed by atoms with Crippen LogP contribution in [0, 0.1) is 5.92 Å². The second-order valence-corrected chi connectivity index (χ2v) is 7.40. The maximum Gasteiger partial charge on any atom is 0.216 e. The monoisotopic (exact) mass is 383 g/mol. The average Bonchev–Trinajstić information content (AvgIpc) is 3.11. The maximum atomic E-state index is 11.1. The molecule has 1 amide bonds. The van der Waals surface area contributed by atoms with Crippen LogP contribution < -0.4 is 10.2 Å². The van der Waals surface area contributed by atoms with E-state index in [0.717, 1.165) is 60.7 Å². The molecule has 0 spiro atoms. The van der Waals surface area contributed by atoms with Crippen molar-refractivity contribution in [3.8, 4) is 11.4 Å². The number of piperidine rings is 1. The Morgan fingerprint density at radius 1 is 1.33 bits per heavy atom. The molecule has 1 aromatic carbocycles. The number of benzene rings is 1. The van der Waals surface area contributed by atoms with E-state index < -0.39 is 0 Å². The normalized spacial score (nSPS) is 15.3. The summed E-state index contributed by atoms with van der Waals surface area (Å²) in [5.41, 5.74) is 2.76. The lowest BCUT2D eigenvalue weighted by atomic mass is 9.96. The molecule has 140 valence electrons. The van der Waals surface area contributed by atoms with Gasteiger partial charge < -0.3 is 15.2 Å². The molecule has 0 aliphatic carbocycles. The number of amides is 1. The van der Waals surface area contributed by atoms with Gasteiger partial charge in [-0.3, -0.25) is 4.79 Å². The van der Waals surface area contributed by atoms with Gasteiger partial charge in [-0.25, -0.2) is 9.97 Å². The standard InChI is InChI=1S/C20H22ClN5O/c1-13(27)22-11-14-6-8-26(9-7-14)19-10-15(16(21)12-23-19)20-24-17-4-2-3-5-18(17)25-20/h2-5,10,12,14H,6-9,11H2,1H3,(H,22,27)(H,24,25). The molecule has 27 heavy (non-hydrogen) atoms. The molecule has 2 aromatic heterocycles. The van der Waals surface area contributed by atoms with Crippen molar-refractivity contribution in [2.45, 2.75) is 19.8 Å². The lowest BCUT2D eigenvalue weighted by Gasteiger charge is -2.33. The first-order chi connectivity index (χ1) is 13.1. The number of rotatable bonds is 4. The topological polar surface area (TPSA) is 73.9 Å². The zero-order valence-electron chi connectivity index (χ0n) is 15.2. The van der Waals surface area contributed by atoms with E-state index in [1.54, 1.807) is 13.1 Å². The Balaban J connectivity index is 1.52. The molecule has 1 aliphatic heterocycles. The number of nitrogens with one attached hydrogen (secondary N) is 2. The number of imidazole rings is 1. The number of H-pyrrole nitrogens is 1. The van der Waals surface area contributed by atoms with Gasteiger partial charge in [-0.1, -0.05) is 23.7 Å². The lowest BCUT2D eigenvalue weighted by molar-refractivity contribution is -0.119. The maximum absolute atomic E-state index is 11.1. The van der Waals surface area contributed by atoms with Crippen LogP contribution in [0.5, 0.6) is 0 Å². The summed E-state index contributed by atoms with van der Waals surface area (Å²) in [5, 5.41) is 3.50. The summed E-state index contributed by atoms with van der Waals surface area (Å²) in [5.74, 6) is 2.22.